The second kappa shape index (κ2) is 5.83. The van der Waals surface area contributed by atoms with Crippen molar-refractivity contribution in [2.45, 2.75) is 6.92 Å². The summed E-state index contributed by atoms with van der Waals surface area (Å²) in [7, 11) is 0. The average molecular weight is 270 g/mol. The number of amidine groups is 1. The van der Waals surface area contributed by atoms with Crippen molar-refractivity contribution in [2.75, 3.05) is 5.32 Å². The molecule has 1 amide bonds. The van der Waals surface area contributed by atoms with Crippen LogP contribution in [0, 0.1) is 6.92 Å². The van der Waals surface area contributed by atoms with E-state index in [9.17, 15) is 4.79 Å². The third kappa shape index (κ3) is 2.92. The highest BCUT2D eigenvalue weighted by Gasteiger charge is 2.09. The first-order valence-corrected chi connectivity index (χ1v) is 5.91. The molecule has 102 valence electrons. The molecular weight excluding hydrogens is 256 g/mol. The van der Waals surface area contributed by atoms with Gasteiger partial charge in [0.2, 0.25) is 0 Å². The van der Waals surface area contributed by atoms with E-state index in [-0.39, 0.29) is 11.7 Å². The number of aryl methyl sites for hydroxylation is 1. The minimum absolute atomic E-state index is 0.0443. The number of carbonyl (C=O) groups is 1. The minimum Gasteiger partial charge on any atom is -0.409 e. The van der Waals surface area contributed by atoms with Gasteiger partial charge in [0.1, 0.15) is 0 Å². The predicted octanol–water partition coefficient (Wildman–Crippen LogP) is 1.74. The lowest BCUT2D eigenvalue weighted by molar-refractivity contribution is 0.102. The molecule has 0 spiro atoms. The summed E-state index contributed by atoms with van der Waals surface area (Å²) in [4.78, 5) is 16.1. The van der Waals surface area contributed by atoms with E-state index in [4.69, 9.17) is 10.9 Å². The van der Waals surface area contributed by atoms with Gasteiger partial charge in [0, 0.05) is 17.3 Å². The lowest BCUT2D eigenvalue weighted by atomic mass is 10.1. The second-order valence-electron chi connectivity index (χ2n) is 4.21. The molecule has 0 aliphatic heterocycles. The largest absolute Gasteiger partial charge is 0.409 e. The lowest BCUT2D eigenvalue weighted by Crippen LogP contribution is -2.16. The van der Waals surface area contributed by atoms with Crippen molar-refractivity contribution in [2.24, 2.45) is 10.9 Å². The molecule has 0 bridgehead atoms. The van der Waals surface area contributed by atoms with Crippen molar-refractivity contribution >= 4 is 17.4 Å². The number of amides is 1. The van der Waals surface area contributed by atoms with Crippen molar-refractivity contribution in [1.82, 2.24) is 4.98 Å². The fourth-order valence-corrected chi connectivity index (χ4v) is 1.67. The predicted molar refractivity (Wildman–Crippen MR) is 75.9 cm³/mol. The summed E-state index contributed by atoms with van der Waals surface area (Å²) in [6, 6.07) is 8.33. The number of nitrogens with zero attached hydrogens (tertiary/aromatic N) is 2. The fourth-order valence-electron chi connectivity index (χ4n) is 1.67. The zero-order valence-electron chi connectivity index (χ0n) is 10.9. The number of nitrogens with two attached hydrogens (primary N) is 1. The van der Waals surface area contributed by atoms with E-state index in [1.54, 1.807) is 36.7 Å². The minimum atomic E-state index is -0.284. The Hall–Kier alpha value is -2.89. The van der Waals surface area contributed by atoms with Crippen LogP contribution in [0.2, 0.25) is 0 Å². The molecule has 2 rings (SSSR count). The van der Waals surface area contributed by atoms with Gasteiger partial charge in [-0.1, -0.05) is 17.3 Å². The molecule has 1 aromatic heterocycles. The zero-order chi connectivity index (χ0) is 14.5. The Balaban J connectivity index is 2.24. The Morgan fingerprint density at radius 2 is 2.10 bits per heavy atom. The third-order valence-electron chi connectivity index (χ3n) is 2.82. The average Bonchev–Trinajstić information content (AvgIpc) is 2.49. The highest BCUT2D eigenvalue weighted by molar-refractivity contribution is 6.06. The SMILES string of the molecule is Cc1ccncc1NC(=O)c1cccc(C(N)=NO)c1. The van der Waals surface area contributed by atoms with Gasteiger partial charge in [-0.15, -0.1) is 0 Å². The summed E-state index contributed by atoms with van der Waals surface area (Å²) >= 11 is 0. The molecule has 0 saturated carbocycles. The second-order valence-corrected chi connectivity index (χ2v) is 4.21. The number of benzene rings is 1. The molecule has 1 aromatic carbocycles. The molecular formula is C14H14N4O2. The molecule has 0 atom stereocenters. The Morgan fingerprint density at radius 3 is 2.80 bits per heavy atom. The van der Waals surface area contributed by atoms with Crippen molar-refractivity contribution < 1.29 is 10.0 Å². The number of anilines is 1. The van der Waals surface area contributed by atoms with Crippen LogP contribution < -0.4 is 11.1 Å². The van der Waals surface area contributed by atoms with Crippen LogP contribution in [0.15, 0.2) is 47.9 Å². The highest BCUT2D eigenvalue weighted by atomic mass is 16.4. The molecule has 0 saturated heterocycles. The van der Waals surface area contributed by atoms with Gasteiger partial charge in [-0.25, -0.2) is 0 Å². The molecule has 1 heterocycles. The molecule has 0 aliphatic rings. The molecule has 0 fully saturated rings. The third-order valence-corrected chi connectivity index (χ3v) is 2.82. The van der Waals surface area contributed by atoms with Gasteiger partial charge in [-0.2, -0.15) is 0 Å². The van der Waals surface area contributed by atoms with Crippen LogP contribution in [0.25, 0.3) is 0 Å². The lowest BCUT2D eigenvalue weighted by Gasteiger charge is -2.08. The molecule has 0 unspecified atom stereocenters. The van der Waals surface area contributed by atoms with Gasteiger partial charge < -0.3 is 16.3 Å². The number of nitrogens with one attached hydrogen (secondary N) is 1. The maximum absolute atomic E-state index is 12.1. The van der Waals surface area contributed by atoms with E-state index in [1.807, 2.05) is 13.0 Å². The quantitative estimate of drug-likeness (QED) is 0.342. The first kappa shape index (κ1) is 13.5. The molecule has 0 radical (unpaired) electrons. The number of carbonyl (C=O) groups excluding carboxylic acids is 1. The first-order chi connectivity index (χ1) is 9.61. The van der Waals surface area contributed by atoms with Crippen LogP contribution in [0.1, 0.15) is 21.5 Å². The van der Waals surface area contributed by atoms with E-state index in [2.05, 4.69) is 15.5 Å². The van der Waals surface area contributed by atoms with Gasteiger partial charge in [0.15, 0.2) is 5.84 Å². The molecule has 4 N–H and O–H groups in total. The van der Waals surface area contributed by atoms with Crippen LogP contribution >= 0.6 is 0 Å². The number of hydrogen-bond acceptors (Lipinski definition) is 4. The van der Waals surface area contributed by atoms with Crippen molar-refractivity contribution in [1.29, 1.82) is 0 Å². The standard InChI is InChI=1S/C14H14N4O2/c1-9-5-6-16-8-12(9)17-14(19)11-4-2-3-10(7-11)13(15)18-20/h2-8,20H,1H3,(H2,15,18)(H,17,19). The van der Waals surface area contributed by atoms with E-state index in [0.717, 1.165) is 5.56 Å². The maximum Gasteiger partial charge on any atom is 0.255 e. The van der Waals surface area contributed by atoms with Gasteiger partial charge in [-0.3, -0.25) is 9.78 Å². The summed E-state index contributed by atoms with van der Waals surface area (Å²) < 4.78 is 0. The molecule has 2 aromatic rings. The molecule has 20 heavy (non-hydrogen) atoms. The molecule has 6 nitrogen and oxygen atoms in total. The van der Waals surface area contributed by atoms with Crippen LogP contribution in [0.5, 0.6) is 0 Å². The normalized spacial score (nSPS) is 11.2. The van der Waals surface area contributed by atoms with Crippen molar-refractivity contribution in [3.05, 3.63) is 59.4 Å². The van der Waals surface area contributed by atoms with Crippen molar-refractivity contribution in [3.8, 4) is 0 Å². The summed E-state index contributed by atoms with van der Waals surface area (Å²) in [5.41, 5.74) is 7.95. The zero-order valence-corrected chi connectivity index (χ0v) is 10.9. The number of oxime groups is 1. The van der Waals surface area contributed by atoms with Gasteiger partial charge >= 0.3 is 0 Å². The van der Waals surface area contributed by atoms with Gasteiger partial charge in [0.25, 0.3) is 5.91 Å². The fraction of sp³-hybridized carbons (Fsp3) is 0.0714. The Labute approximate surface area is 115 Å². The molecule has 0 aliphatic carbocycles. The Bertz CT molecular complexity index is 668. The number of pyridine rings is 1. The van der Waals surface area contributed by atoms with E-state index in [1.165, 1.54) is 0 Å². The van der Waals surface area contributed by atoms with E-state index < -0.39 is 0 Å². The maximum atomic E-state index is 12.1. The topological polar surface area (TPSA) is 101 Å². The first-order valence-electron chi connectivity index (χ1n) is 5.91. The number of hydrogen-bond donors (Lipinski definition) is 3. The van der Waals surface area contributed by atoms with Gasteiger partial charge in [0.05, 0.1) is 11.9 Å². The van der Waals surface area contributed by atoms with Crippen LogP contribution in [0.3, 0.4) is 0 Å². The summed E-state index contributed by atoms with van der Waals surface area (Å²) in [6.07, 6.45) is 3.24. The summed E-state index contributed by atoms with van der Waals surface area (Å²) in [5.74, 6) is -0.328. The highest BCUT2D eigenvalue weighted by Crippen LogP contribution is 2.14. The summed E-state index contributed by atoms with van der Waals surface area (Å²) in [6.45, 7) is 1.88. The van der Waals surface area contributed by atoms with Crippen LogP contribution in [-0.4, -0.2) is 21.9 Å². The smallest absolute Gasteiger partial charge is 0.255 e. The van der Waals surface area contributed by atoms with E-state index in [0.29, 0.717) is 16.8 Å². The Kier molecular flexibility index (Phi) is 3.95. The van der Waals surface area contributed by atoms with E-state index >= 15 is 0 Å². The monoisotopic (exact) mass is 270 g/mol. The summed E-state index contributed by atoms with van der Waals surface area (Å²) in [5, 5.41) is 14.3. The number of aromatic nitrogens is 1. The van der Waals surface area contributed by atoms with Crippen LogP contribution in [-0.2, 0) is 0 Å². The Morgan fingerprint density at radius 1 is 1.35 bits per heavy atom. The van der Waals surface area contributed by atoms with Crippen molar-refractivity contribution in [3.63, 3.8) is 0 Å². The van der Waals surface area contributed by atoms with Gasteiger partial charge in [-0.05, 0) is 30.7 Å². The number of rotatable bonds is 3. The van der Waals surface area contributed by atoms with Crippen LogP contribution in [0.4, 0.5) is 5.69 Å². The molecule has 6 heteroatoms.